The summed E-state index contributed by atoms with van der Waals surface area (Å²) >= 11 is 0. The van der Waals surface area contributed by atoms with Gasteiger partial charge < -0.3 is 15.2 Å². The van der Waals surface area contributed by atoms with Crippen molar-refractivity contribution in [2.24, 2.45) is 5.73 Å². The molecule has 0 spiro atoms. The number of carbonyl (C=O) groups excluding carboxylic acids is 1. The van der Waals surface area contributed by atoms with Crippen molar-refractivity contribution in [2.45, 2.75) is 38.3 Å². The number of hydrogen-bond donors (Lipinski definition) is 1. The maximum atomic E-state index is 11.3. The van der Waals surface area contributed by atoms with Crippen molar-refractivity contribution >= 4 is 5.97 Å². The maximum absolute atomic E-state index is 11.3. The van der Waals surface area contributed by atoms with Crippen molar-refractivity contribution in [1.29, 1.82) is 0 Å². The summed E-state index contributed by atoms with van der Waals surface area (Å²) in [5, 5.41) is 0. The third kappa shape index (κ3) is 3.32. The summed E-state index contributed by atoms with van der Waals surface area (Å²) < 4.78 is 10.2. The summed E-state index contributed by atoms with van der Waals surface area (Å²) in [5.41, 5.74) is 5.59. The molecule has 1 rings (SSSR count). The first-order valence-corrected chi connectivity index (χ1v) is 4.78. The van der Waals surface area contributed by atoms with Gasteiger partial charge in [-0.15, -0.1) is 0 Å². The Hall–Kier alpha value is -0.610. The van der Waals surface area contributed by atoms with Crippen molar-refractivity contribution in [3.63, 3.8) is 0 Å². The van der Waals surface area contributed by atoms with Crippen molar-refractivity contribution in [3.8, 4) is 0 Å². The third-order valence-corrected chi connectivity index (χ3v) is 2.07. The first kappa shape index (κ1) is 10.5. The van der Waals surface area contributed by atoms with Gasteiger partial charge in [0.15, 0.2) is 0 Å². The van der Waals surface area contributed by atoms with Crippen LogP contribution in [0.1, 0.15) is 26.2 Å². The van der Waals surface area contributed by atoms with Gasteiger partial charge >= 0.3 is 5.97 Å². The van der Waals surface area contributed by atoms with E-state index in [1.165, 1.54) is 0 Å². The molecule has 1 unspecified atom stereocenters. The zero-order valence-corrected chi connectivity index (χ0v) is 7.99. The topological polar surface area (TPSA) is 61.6 Å². The van der Waals surface area contributed by atoms with Gasteiger partial charge in [-0.05, 0) is 6.42 Å². The van der Waals surface area contributed by atoms with Gasteiger partial charge in [-0.25, -0.2) is 0 Å². The summed E-state index contributed by atoms with van der Waals surface area (Å²) in [6.45, 7) is 3.19. The standard InChI is InChI=1S/C9H17NO3/c1-2-3-8(10)9(11)13-7-4-5-12-6-7/h7-8H,2-6,10H2,1H3/t7?,8-/m1/s1. The SMILES string of the molecule is CCC[C@@H](N)C(=O)OC1CCOC1. The summed E-state index contributed by atoms with van der Waals surface area (Å²) in [7, 11) is 0. The van der Waals surface area contributed by atoms with E-state index in [0.29, 0.717) is 19.6 Å². The van der Waals surface area contributed by atoms with Crippen molar-refractivity contribution in [3.05, 3.63) is 0 Å². The number of nitrogens with two attached hydrogens (primary N) is 1. The van der Waals surface area contributed by atoms with E-state index in [0.717, 1.165) is 12.8 Å². The molecule has 0 aromatic carbocycles. The van der Waals surface area contributed by atoms with Gasteiger partial charge in [0.2, 0.25) is 0 Å². The molecule has 1 fully saturated rings. The molecular weight excluding hydrogens is 170 g/mol. The van der Waals surface area contributed by atoms with Crippen molar-refractivity contribution in [1.82, 2.24) is 0 Å². The first-order chi connectivity index (χ1) is 6.24. The van der Waals surface area contributed by atoms with Crippen LogP contribution in [0.5, 0.6) is 0 Å². The smallest absolute Gasteiger partial charge is 0.323 e. The monoisotopic (exact) mass is 187 g/mol. The Morgan fingerprint density at radius 2 is 2.54 bits per heavy atom. The van der Waals surface area contributed by atoms with E-state index < -0.39 is 6.04 Å². The summed E-state index contributed by atoms with van der Waals surface area (Å²) in [4.78, 5) is 11.3. The minimum absolute atomic E-state index is 0.0737. The number of ether oxygens (including phenoxy) is 2. The molecular formula is C9H17NO3. The van der Waals surface area contributed by atoms with Crippen LogP contribution < -0.4 is 5.73 Å². The average molecular weight is 187 g/mol. The minimum atomic E-state index is -0.467. The van der Waals surface area contributed by atoms with E-state index >= 15 is 0 Å². The van der Waals surface area contributed by atoms with E-state index in [4.69, 9.17) is 15.2 Å². The van der Waals surface area contributed by atoms with Crippen LogP contribution in [0.4, 0.5) is 0 Å². The molecule has 0 radical (unpaired) electrons. The molecule has 0 aromatic heterocycles. The van der Waals surface area contributed by atoms with Crippen LogP contribution in [0.25, 0.3) is 0 Å². The van der Waals surface area contributed by atoms with Crippen LogP contribution in [-0.4, -0.2) is 31.3 Å². The third-order valence-electron chi connectivity index (χ3n) is 2.07. The van der Waals surface area contributed by atoms with Gasteiger partial charge in [-0.2, -0.15) is 0 Å². The predicted molar refractivity (Wildman–Crippen MR) is 48.2 cm³/mol. The van der Waals surface area contributed by atoms with Crippen LogP contribution in [0.3, 0.4) is 0 Å². The van der Waals surface area contributed by atoms with Crippen LogP contribution in [0, 0.1) is 0 Å². The highest BCUT2D eigenvalue weighted by molar-refractivity contribution is 5.75. The Labute approximate surface area is 78.4 Å². The largest absolute Gasteiger partial charge is 0.459 e. The number of rotatable bonds is 4. The molecule has 4 heteroatoms. The lowest BCUT2D eigenvalue weighted by Crippen LogP contribution is -2.34. The molecule has 1 heterocycles. The molecule has 0 saturated carbocycles. The van der Waals surface area contributed by atoms with Gasteiger partial charge in [0.1, 0.15) is 12.1 Å². The fourth-order valence-electron chi connectivity index (χ4n) is 1.29. The Morgan fingerprint density at radius 3 is 3.08 bits per heavy atom. The van der Waals surface area contributed by atoms with E-state index in [1.54, 1.807) is 0 Å². The predicted octanol–water partition coefficient (Wildman–Crippen LogP) is 0.446. The summed E-state index contributed by atoms with van der Waals surface area (Å²) in [6.07, 6.45) is 2.31. The van der Waals surface area contributed by atoms with E-state index in [9.17, 15) is 4.79 Å². The molecule has 0 aliphatic carbocycles. The maximum Gasteiger partial charge on any atom is 0.323 e. The lowest BCUT2D eigenvalue weighted by Gasteiger charge is -2.13. The fraction of sp³-hybridized carbons (Fsp3) is 0.889. The molecule has 2 N–H and O–H groups in total. The second-order valence-corrected chi connectivity index (χ2v) is 3.32. The lowest BCUT2D eigenvalue weighted by atomic mass is 10.2. The second-order valence-electron chi connectivity index (χ2n) is 3.32. The normalized spacial score (nSPS) is 24.3. The van der Waals surface area contributed by atoms with Gasteiger partial charge in [-0.1, -0.05) is 13.3 Å². The van der Waals surface area contributed by atoms with Crippen molar-refractivity contribution < 1.29 is 14.3 Å². The van der Waals surface area contributed by atoms with Gasteiger partial charge in [0, 0.05) is 6.42 Å². The van der Waals surface area contributed by atoms with Crippen LogP contribution in [-0.2, 0) is 14.3 Å². The molecule has 1 aliphatic heterocycles. The van der Waals surface area contributed by atoms with Crippen LogP contribution in [0.15, 0.2) is 0 Å². The molecule has 0 bridgehead atoms. The molecule has 4 nitrogen and oxygen atoms in total. The molecule has 76 valence electrons. The highest BCUT2D eigenvalue weighted by atomic mass is 16.6. The number of hydrogen-bond acceptors (Lipinski definition) is 4. The second kappa shape index (κ2) is 5.19. The Kier molecular flexibility index (Phi) is 4.18. The Bertz CT molecular complexity index is 166. The zero-order valence-electron chi connectivity index (χ0n) is 7.99. The van der Waals surface area contributed by atoms with E-state index in [2.05, 4.69) is 0 Å². The number of carbonyl (C=O) groups is 1. The quantitative estimate of drug-likeness (QED) is 0.649. The van der Waals surface area contributed by atoms with Crippen LogP contribution in [0.2, 0.25) is 0 Å². The van der Waals surface area contributed by atoms with Crippen LogP contribution >= 0.6 is 0 Å². The molecule has 1 saturated heterocycles. The molecule has 2 atom stereocenters. The van der Waals surface area contributed by atoms with Gasteiger partial charge in [0.05, 0.1) is 13.2 Å². The Balaban J connectivity index is 2.22. The highest BCUT2D eigenvalue weighted by Gasteiger charge is 2.22. The molecule has 0 amide bonds. The first-order valence-electron chi connectivity index (χ1n) is 4.78. The highest BCUT2D eigenvalue weighted by Crippen LogP contribution is 2.09. The summed E-state index contributed by atoms with van der Waals surface area (Å²) in [5.74, 6) is -0.294. The zero-order chi connectivity index (χ0) is 9.68. The van der Waals surface area contributed by atoms with Crippen molar-refractivity contribution in [2.75, 3.05) is 13.2 Å². The molecule has 0 aromatic rings. The van der Waals surface area contributed by atoms with Gasteiger partial charge in [0.25, 0.3) is 0 Å². The fourth-order valence-corrected chi connectivity index (χ4v) is 1.29. The minimum Gasteiger partial charge on any atom is -0.459 e. The molecule has 1 aliphatic rings. The average Bonchev–Trinajstić information content (AvgIpc) is 2.57. The molecule has 13 heavy (non-hydrogen) atoms. The van der Waals surface area contributed by atoms with E-state index in [1.807, 2.05) is 6.92 Å². The Morgan fingerprint density at radius 1 is 1.77 bits per heavy atom. The lowest BCUT2D eigenvalue weighted by molar-refractivity contribution is -0.150. The van der Waals surface area contributed by atoms with E-state index in [-0.39, 0.29) is 12.1 Å². The summed E-state index contributed by atoms with van der Waals surface area (Å²) in [6, 6.07) is -0.467. The number of esters is 1. The van der Waals surface area contributed by atoms with Gasteiger partial charge in [-0.3, -0.25) is 4.79 Å².